The zero-order chi connectivity index (χ0) is 23.4. The van der Waals surface area contributed by atoms with Crippen molar-refractivity contribution in [2.45, 2.75) is 74.6 Å². The molecule has 34 heavy (non-hydrogen) atoms. The number of benzene rings is 1. The van der Waals surface area contributed by atoms with E-state index in [0.29, 0.717) is 35.5 Å². The highest BCUT2D eigenvalue weighted by molar-refractivity contribution is 7.89. The molecule has 5 aliphatic rings. The first-order chi connectivity index (χ1) is 16.4. The van der Waals surface area contributed by atoms with Crippen LogP contribution < -0.4 is 5.32 Å². The topological polar surface area (TPSA) is 97.2 Å². The van der Waals surface area contributed by atoms with Crippen molar-refractivity contribution in [2.24, 2.45) is 17.3 Å². The van der Waals surface area contributed by atoms with Crippen LogP contribution in [0, 0.1) is 17.3 Å². The molecule has 4 aliphatic carbocycles. The van der Waals surface area contributed by atoms with Crippen molar-refractivity contribution in [3.05, 3.63) is 36.9 Å². The van der Waals surface area contributed by atoms with E-state index in [1.54, 1.807) is 34.9 Å². The van der Waals surface area contributed by atoms with Crippen LogP contribution in [0.3, 0.4) is 0 Å². The number of anilines is 1. The normalized spacial score (nSPS) is 33.5. The average Bonchev–Trinajstić information content (AvgIpc) is 3.22. The zero-order valence-electron chi connectivity index (χ0n) is 19.5. The predicted octanol–water partition coefficient (Wildman–Crippen LogP) is 3.78. The smallest absolute Gasteiger partial charge is 0.243 e. The van der Waals surface area contributed by atoms with Crippen molar-refractivity contribution in [1.82, 2.24) is 19.1 Å². The average molecular weight is 484 g/mol. The largest absolute Gasteiger partial charge is 0.326 e. The molecular formula is C25H33N5O3S. The summed E-state index contributed by atoms with van der Waals surface area (Å²) >= 11 is 0. The number of amides is 1. The molecule has 0 radical (unpaired) electrons. The summed E-state index contributed by atoms with van der Waals surface area (Å²) in [5.41, 5.74) is 0.154. The summed E-state index contributed by atoms with van der Waals surface area (Å²) in [6, 6.07) is 6.73. The predicted molar refractivity (Wildman–Crippen MR) is 127 cm³/mol. The van der Waals surface area contributed by atoms with Crippen molar-refractivity contribution in [1.29, 1.82) is 0 Å². The molecule has 2 aromatic rings. The van der Waals surface area contributed by atoms with E-state index in [0.717, 1.165) is 57.8 Å². The van der Waals surface area contributed by atoms with Crippen LogP contribution in [0.2, 0.25) is 0 Å². The Bertz CT molecular complexity index is 1140. The molecule has 1 amide bonds. The number of carbonyl (C=O) groups is 1. The first-order valence-corrected chi connectivity index (χ1v) is 14.1. The molecule has 1 aromatic heterocycles. The van der Waals surface area contributed by atoms with Gasteiger partial charge in [-0.15, -0.1) is 0 Å². The number of rotatable bonds is 5. The van der Waals surface area contributed by atoms with E-state index in [1.165, 1.54) is 6.42 Å². The molecule has 1 aliphatic heterocycles. The fraction of sp³-hybridized carbons (Fsp3) is 0.640. The van der Waals surface area contributed by atoms with Gasteiger partial charge in [0, 0.05) is 18.8 Å². The standard InChI is InChI=1S/C25H33N5O3S/c31-23(24-12-19-11-20(13-24)15-25(14-19,16-24)30-18-26-17-27-30)28-21-5-7-22(8-6-21)34(32,33)29-9-3-1-2-4-10-29/h5-8,17-20H,1-4,9-16H2,(H,28,31). The fourth-order valence-electron chi connectivity index (χ4n) is 7.61. The number of aromatic nitrogens is 3. The molecule has 7 rings (SSSR count). The second-order valence-corrected chi connectivity index (χ2v) is 13.0. The second kappa shape index (κ2) is 8.16. The summed E-state index contributed by atoms with van der Waals surface area (Å²) < 4.78 is 29.8. The summed E-state index contributed by atoms with van der Waals surface area (Å²) in [7, 11) is -3.50. The number of nitrogens with one attached hydrogen (secondary N) is 1. The molecule has 9 heteroatoms. The molecule has 2 atom stereocenters. The van der Waals surface area contributed by atoms with Gasteiger partial charge in [0.2, 0.25) is 15.9 Å². The Morgan fingerprint density at radius 3 is 2.26 bits per heavy atom. The minimum atomic E-state index is -3.50. The van der Waals surface area contributed by atoms with Gasteiger partial charge in [0.15, 0.2) is 0 Å². The van der Waals surface area contributed by atoms with Crippen LogP contribution in [-0.2, 0) is 20.4 Å². The van der Waals surface area contributed by atoms with E-state index in [-0.39, 0.29) is 11.4 Å². The van der Waals surface area contributed by atoms with Crippen LogP contribution in [0.1, 0.15) is 64.2 Å². The molecule has 2 unspecified atom stereocenters. The third-order valence-corrected chi connectivity index (χ3v) is 10.6. The number of hydrogen-bond acceptors (Lipinski definition) is 5. The Balaban J connectivity index is 1.20. The Kier molecular flexibility index (Phi) is 5.33. The van der Waals surface area contributed by atoms with Gasteiger partial charge in [0.05, 0.1) is 15.8 Å². The molecule has 2 heterocycles. The van der Waals surface area contributed by atoms with Crippen LogP contribution >= 0.6 is 0 Å². The summed E-state index contributed by atoms with van der Waals surface area (Å²) in [6.07, 6.45) is 13.4. The minimum Gasteiger partial charge on any atom is -0.326 e. The fourth-order valence-corrected chi connectivity index (χ4v) is 9.12. The maximum atomic E-state index is 13.7. The molecule has 1 N–H and O–H groups in total. The van der Waals surface area contributed by atoms with Gasteiger partial charge in [-0.05, 0) is 87.5 Å². The third-order valence-electron chi connectivity index (χ3n) is 8.73. The molecule has 182 valence electrons. The van der Waals surface area contributed by atoms with Crippen molar-refractivity contribution < 1.29 is 13.2 Å². The molecule has 4 saturated carbocycles. The summed E-state index contributed by atoms with van der Waals surface area (Å²) in [6.45, 7) is 1.17. The van der Waals surface area contributed by atoms with Crippen LogP contribution in [0.25, 0.3) is 0 Å². The van der Waals surface area contributed by atoms with Crippen molar-refractivity contribution in [2.75, 3.05) is 18.4 Å². The first kappa shape index (κ1) is 22.2. The highest BCUT2D eigenvalue weighted by Crippen LogP contribution is 2.64. The summed E-state index contributed by atoms with van der Waals surface area (Å²) in [5.74, 6) is 1.14. The Hall–Kier alpha value is -2.26. The SMILES string of the molecule is O=C(Nc1ccc(S(=O)(=O)N2CCCCCC2)cc1)C12CC3CC(C1)CC(n1cncn1)(C3)C2. The van der Waals surface area contributed by atoms with Gasteiger partial charge in [-0.2, -0.15) is 9.40 Å². The molecule has 1 saturated heterocycles. The lowest BCUT2D eigenvalue weighted by atomic mass is 9.46. The number of sulfonamides is 1. The monoisotopic (exact) mass is 483 g/mol. The highest BCUT2D eigenvalue weighted by atomic mass is 32.2. The van der Waals surface area contributed by atoms with Gasteiger partial charge in [-0.25, -0.2) is 18.1 Å². The second-order valence-electron chi connectivity index (χ2n) is 11.1. The quantitative estimate of drug-likeness (QED) is 0.698. The lowest BCUT2D eigenvalue weighted by molar-refractivity contribution is -0.150. The maximum Gasteiger partial charge on any atom is 0.243 e. The van der Waals surface area contributed by atoms with E-state index < -0.39 is 15.4 Å². The lowest BCUT2D eigenvalue weighted by Gasteiger charge is -2.60. The van der Waals surface area contributed by atoms with Crippen LogP contribution in [0.15, 0.2) is 41.8 Å². The Morgan fingerprint density at radius 1 is 0.971 bits per heavy atom. The molecule has 8 nitrogen and oxygen atoms in total. The molecule has 0 spiro atoms. The van der Waals surface area contributed by atoms with E-state index in [9.17, 15) is 13.2 Å². The highest BCUT2D eigenvalue weighted by Gasteiger charge is 2.61. The van der Waals surface area contributed by atoms with Crippen molar-refractivity contribution in [3.63, 3.8) is 0 Å². The van der Waals surface area contributed by atoms with Crippen LogP contribution in [-0.4, -0.2) is 46.5 Å². The molecule has 4 bridgehead atoms. The van der Waals surface area contributed by atoms with Gasteiger partial charge in [0.1, 0.15) is 12.7 Å². The van der Waals surface area contributed by atoms with Gasteiger partial charge >= 0.3 is 0 Å². The number of nitrogens with zero attached hydrogens (tertiary/aromatic N) is 4. The van der Waals surface area contributed by atoms with E-state index in [2.05, 4.69) is 15.4 Å². The van der Waals surface area contributed by atoms with Gasteiger partial charge in [-0.3, -0.25) is 4.79 Å². The van der Waals surface area contributed by atoms with E-state index >= 15 is 0 Å². The molecule has 5 fully saturated rings. The van der Waals surface area contributed by atoms with E-state index in [4.69, 9.17) is 0 Å². The van der Waals surface area contributed by atoms with Gasteiger partial charge < -0.3 is 5.32 Å². The number of carbonyl (C=O) groups excluding carboxylic acids is 1. The van der Waals surface area contributed by atoms with Crippen molar-refractivity contribution >= 4 is 21.6 Å². The van der Waals surface area contributed by atoms with E-state index in [1.807, 2.05) is 11.0 Å². The molecular weight excluding hydrogens is 450 g/mol. The summed E-state index contributed by atoms with van der Waals surface area (Å²) in [5, 5.41) is 7.61. The van der Waals surface area contributed by atoms with Crippen molar-refractivity contribution in [3.8, 4) is 0 Å². The first-order valence-electron chi connectivity index (χ1n) is 12.7. The number of hydrogen-bond donors (Lipinski definition) is 1. The maximum absolute atomic E-state index is 13.7. The van der Waals surface area contributed by atoms with Gasteiger partial charge in [0.25, 0.3) is 0 Å². The Morgan fingerprint density at radius 2 is 1.65 bits per heavy atom. The lowest BCUT2D eigenvalue weighted by Crippen LogP contribution is -2.60. The zero-order valence-corrected chi connectivity index (χ0v) is 20.3. The van der Waals surface area contributed by atoms with Gasteiger partial charge in [-0.1, -0.05) is 12.8 Å². The van der Waals surface area contributed by atoms with Crippen LogP contribution in [0.5, 0.6) is 0 Å². The summed E-state index contributed by atoms with van der Waals surface area (Å²) in [4.78, 5) is 18.1. The minimum absolute atomic E-state index is 0.0641. The Labute approximate surface area is 201 Å². The van der Waals surface area contributed by atoms with Crippen LogP contribution in [0.4, 0.5) is 5.69 Å². The third kappa shape index (κ3) is 3.68. The molecule has 1 aromatic carbocycles.